The summed E-state index contributed by atoms with van der Waals surface area (Å²) in [6, 6.07) is 3.44. The van der Waals surface area contributed by atoms with Crippen molar-refractivity contribution in [2.75, 3.05) is 13.2 Å². The van der Waals surface area contributed by atoms with Crippen LogP contribution in [0.15, 0.2) is 30.3 Å². The van der Waals surface area contributed by atoms with Gasteiger partial charge in [-0.2, -0.15) is 26.3 Å². The van der Waals surface area contributed by atoms with Crippen LogP contribution in [0.25, 0.3) is 0 Å². The van der Waals surface area contributed by atoms with Crippen molar-refractivity contribution in [1.29, 1.82) is 0 Å². The molecule has 6 nitrogen and oxygen atoms in total. The number of aliphatic hydroxyl groups excluding tert-OH is 1. The Labute approximate surface area is 214 Å². The molecule has 0 spiro atoms. The minimum atomic E-state index is -4.92. The number of ether oxygens (including phenoxy) is 4. The molecule has 0 saturated carbocycles. The first kappa shape index (κ1) is 28.2. The molecule has 2 aromatic rings. The summed E-state index contributed by atoms with van der Waals surface area (Å²) in [5.41, 5.74) is -3.97. The molecule has 4 rings (SSSR count). The van der Waals surface area contributed by atoms with E-state index >= 15 is 0 Å². The van der Waals surface area contributed by atoms with Gasteiger partial charge in [0.05, 0.1) is 29.9 Å². The van der Waals surface area contributed by atoms with E-state index in [1.807, 2.05) is 0 Å². The van der Waals surface area contributed by atoms with Crippen LogP contribution in [0.3, 0.4) is 0 Å². The van der Waals surface area contributed by atoms with Gasteiger partial charge < -0.3 is 24.1 Å². The molecule has 0 radical (unpaired) electrons. The number of aldehydes is 1. The van der Waals surface area contributed by atoms with Crippen LogP contribution in [0.1, 0.15) is 77.2 Å². The highest BCUT2D eigenvalue weighted by molar-refractivity contribution is 5.81. The van der Waals surface area contributed by atoms with Gasteiger partial charge in [0.2, 0.25) is 0 Å². The molecule has 38 heavy (non-hydrogen) atoms. The summed E-state index contributed by atoms with van der Waals surface area (Å²) in [6.07, 6.45) is -9.70. The van der Waals surface area contributed by atoms with Crippen LogP contribution in [-0.2, 0) is 21.8 Å². The first-order valence-electron chi connectivity index (χ1n) is 12.1. The van der Waals surface area contributed by atoms with E-state index in [0.29, 0.717) is 50.7 Å². The number of rotatable bonds is 7. The highest BCUT2D eigenvalue weighted by atomic mass is 19.4. The van der Waals surface area contributed by atoms with E-state index in [2.05, 4.69) is 0 Å². The molecule has 2 heterocycles. The Hall–Kier alpha value is -2.83. The van der Waals surface area contributed by atoms with Crippen LogP contribution in [0.2, 0.25) is 0 Å². The van der Waals surface area contributed by atoms with Crippen LogP contribution in [0.4, 0.5) is 26.3 Å². The fourth-order valence-electron chi connectivity index (χ4n) is 4.36. The Balaban J connectivity index is 1.84. The summed E-state index contributed by atoms with van der Waals surface area (Å²) in [6.45, 7) is 0.672. The highest BCUT2D eigenvalue weighted by Crippen LogP contribution is 2.43. The van der Waals surface area contributed by atoms with Crippen molar-refractivity contribution in [3.63, 3.8) is 0 Å². The minimum Gasteiger partial charge on any atom is -0.465 e. The predicted octanol–water partition coefficient (Wildman–Crippen LogP) is 6.43. The van der Waals surface area contributed by atoms with Crippen LogP contribution in [0.5, 0.6) is 11.5 Å². The molecular formula is C26H26F6O6. The van der Waals surface area contributed by atoms with E-state index in [9.17, 15) is 36.2 Å². The van der Waals surface area contributed by atoms with Gasteiger partial charge in [0.15, 0.2) is 18.9 Å². The largest absolute Gasteiger partial charge is 0.465 e. The molecule has 0 amide bonds. The van der Waals surface area contributed by atoms with Gasteiger partial charge in [-0.25, -0.2) is 0 Å². The Bertz CT molecular complexity index is 1120. The summed E-state index contributed by atoms with van der Waals surface area (Å²) in [5.74, 6) is -0.619. The number of benzene rings is 2. The maximum Gasteiger partial charge on any atom is 0.416 e. The standard InChI is InChI=1S/C26H26F6O6/c27-25(28,29)16-7-8-20(37-21-5-1-3-9-35-21)18(12-16)23(34)19-13-17(26(30,31)32)11-15(14-33)24(19)38-22-6-2-4-10-36-22/h7-8,11-14,21-23,34H,1-6,9-10H2. The van der Waals surface area contributed by atoms with Gasteiger partial charge in [0.25, 0.3) is 0 Å². The van der Waals surface area contributed by atoms with Crippen molar-refractivity contribution in [3.8, 4) is 11.5 Å². The summed E-state index contributed by atoms with van der Waals surface area (Å²) < 4.78 is 104. The molecule has 2 saturated heterocycles. The molecule has 0 aliphatic carbocycles. The first-order chi connectivity index (χ1) is 18.0. The summed E-state index contributed by atoms with van der Waals surface area (Å²) in [4.78, 5) is 11.8. The maximum atomic E-state index is 13.7. The third kappa shape index (κ3) is 6.59. The van der Waals surface area contributed by atoms with Crippen molar-refractivity contribution in [2.24, 2.45) is 0 Å². The topological polar surface area (TPSA) is 74.2 Å². The lowest BCUT2D eigenvalue weighted by molar-refractivity contribution is -0.138. The molecule has 1 N–H and O–H groups in total. The van der Waals surface area contributed by atoms with Crippen LogP contribution in [-0.4, -0.2) is 37.2 Å². The average Bonchev–Trinajstić information content (AvgIpc) is 2.88. The number of aliphatic hydroxyl groups is 1. The normalized spacial score (nSPS) is 21.6. The molecule has 12 heteroatoms. The van der Waals surface area contributed by atoms with Gasteiger partial charge in [0.1, 0.15) is 17.6 Å². The van der Waals surface area contributed by atoms with E-state index in [1.165, 1.54) is 0 Å². The monoisotopic (exact) mass is 548 g/mol. The third-order valence-electron chi connectivity index (χ3n) is 6.31. The Morgan fingerprint density at radius 2 is 1.39 bits per heavy atom. The lowest BCUT2D eigenvalue weighted by Gasteiger charge is -2.29. The van der Waals surface area contributed by atoms with Gasteiger partial charge >= 0.3 is 12.4 Å². The smallest absolute Gasteiger partial charge is 0.416 e. The third-order valence-corrected chi connectivity index (χ3v) is 6.31. The number of hydrogen-bond donors (Lipinski definition) is 1. The van der Waals surface area contributed by atoms with E-state index in [4.69, 9.17) is 18.9 Å². The van der Waals surface area contributed by atoms with Crippen molar-refractivity contribution >= 4 is 6.29 Å². The SMILES string of the molecule is O=Cc1cc(C(F)(F)F)cc(C(O)c2cc(C(F)(F)F)ccc2OC2CCCCO2)c1OC1CCCCO1. The zero-order valence-corrected chi connectivity index (χ0v) is 20.1. The molecule has 208 valence electrons. The Kier molecular flexibility index (Phi) is 8.53. The number of alkyl halides is 6. The predicted molar refractivity (Wildman–Crippen MR) is 121 cm³/mol. The van der Waals surface area contributed by atoms with Gasteiger partial charge in [-0.05, 0) is 56.0 Å². The average molecular weight is 548 g/mol. The second kappa shape index (κ2) is 11.5. The van der Waals surface area contributed by atoms with Crippen molar-refractivity contribution in [1.82, 2.24) is 0 Å². The number of carbonyl (C=O) groups excluding carboxylic acids is 1. The zero-order valence-electron chi connectivity index (χ0n) is 20.1. The first-order valence-corrected chi connectivity index (χ1v) is 12.1. The van der Waals surface area contributed by atoms with Gasteiger partial charge in [0, 0.05) is 24.0 Å². The second-order valence-electron chi connectivity index (χ2n) is 9.08. The molecule has 2 aliphatic heterocycles. The Morgan fingerprint density at radius 3 is 1.92 bits per heavy atom. The van der Waals surface area contributed by atoms with Gasteiger partial charge in [-0.3, -0.25) is 4.79 Å². The fraction of sp³-hybridized carbons (Fsp3) is 0.500. The highest BCUT2D eigenvalue weighted by Gasteiger charge is 2.37. The second-order valence-corrected chi connectivity index (χ2v) is 9.08. The lowest BCUT2D eigenvalue weighted by atomic mass is 9.94. The van der Waals surface area contributed by atoms with E-state index < -0.39 is 64.6 Å². The van der Waals surface area contributed by atoms with Crippen LogP contribution < -0.4 is 9.47 Å². The molecule has 0 bridgehead atoms. The number of carbonyl (C=O) groups is 1. The van der Waals surface area contributed by atoms with Crippen molar-refractivity contribution < 1.29 is 55.2 Å². The van der Waals surface area contributed by atoms with E-state index in [-0.39, 0.29) is 12.0 Å². The molecule has 0 aromatic heterocycles. The van der Waals surface area contributed by atoms with E-state index in [1.54, 1.807) is 0 Å². The summed E-state index contributed by atoms with van der Waals surface area (Å²) >= 11 is 0. The minimum absolute atomic E-state index is 0.128. The molecule has 2 aromatic carbocycles. The van der Waals surface area contributed by atoms with Crippen molar-refractivity contribution in [2.45, 2.75) is 69.6 Å². The zero-order chi connectivity index (χ0) is 27.5. The van der Waals surface area contributed by atoms with Crippen LogP contribution >= 0.6 is 0 Å². The molecular weight excluding hydrogens is 522 g/mol. The fourth-order valence-corrected chi connectivity index (χ4v) is 4.36. The lowest BCUT2D eigenvalue weighted by Crippen LogP contribution is -2.27. The summed E-state index contributed by atoms with van der Waals surface area (Å²) in [7, 11) is 0. The van der Waals surface area contributed by atoms with Crippen LogP contribution in [0, 0.1) is 0 Å². The quantitative estimate of drug-likeness (QED) is 0.318. The molecule has 2 aliphatic rings. The number of halogens is 6. The van der Waals surface area contributed by atoms with Gasteiger partial charge in [-0.1, -0.05) is 0 Å². The molecule has 2 fully saturated rings. The summed E-state index contributed by atoms with van der Waals surface area (Å²) in [5, 5.41) is 11.3. The molecule has 3 atom stereocenters. The Morgan fingerprint density at radius 1 is 0.816 bits per heavy atom. The maximum absolute atomic E-state index is 13.7. The van der Waals surface area contributed by atoms with E-state index in [0.717, 1.165) is 31.4 Å². The number of hydrogen-bond acceptors (Lipinski definition) is 6. The van der Waals surface area contributed by atoms with Gasteiger partial charge in [-0.15, -0.1) is 0 Å². The van der Waals surface area contributed by atoms with Crippen molar-refractivity contribution in [3.05, 3.63) is 58.1 Å². The molecule has 3 unspecified atom stereocenters.